The summed E-state index contributed by atoms with van der Waals surface area (Å²) < 4.78 is 6.29. The van der Waals surface area contributed by atoms with Crippen molar-refractivity contribution in [2.24, 2.45) is 5.92 Å². The second-order valence-electron chi connectivity index (χ2n) is 8.31. The molecule has 1 N–H and O–H groups in total. The molecule has 1 aliphatic heterocycles. The highest BCUT2D eigenvalue weighted by molar-refractivity contribution is 6.74. The van der Waals surface area contributed by atoms with Crippen molar-refractivity contribution in [3.63, 3.8) is 0 Å². The average Bonchev–Trinajstić information content (AvgIpc) is 2.77. The number of carboxylic acid groups (broad SMARTS) is 1. The van der Waals surface area contributed by atoms with Gasteiger partial charge in [-0.1, -0.05) is 32.9 Å². The fraction of sp³-hybridized carbons (Fsp3) is 0.526. The highest BCUT2D eigenvalue weighted by atomic mass is 28.4. The lowest BCUT2D eigenvalue weighted by Gasteiger charge is -2.41. The zero-order valence-corrected chi connectivity index (χ0v) is 17.2. The van der Waals surface area contributed by atoms with Gasteiger partial charge < -0.3 is 9.53 Å². The number of aliphatic carboxylic acids is 1. The van der Waals surface area contributed by atoms with Crippen molar-refractivity contribution in [2.45, 2.75) is 51.9 Å². The SMILES string of the molecule is CC(C(=O)O)C(CN1C(=O)c2ccccc2C1=O)O[Si](C)(C)C(C)(C)C. The summed E-state index contributed by atoms with van der Waals surface area (Å²) in [6.45, 7) is 11.7. The van der Waals surface area contributed by atoms with E-state index in [-0.39, 0.29) is 11.6 Å². The normalized spacial score (nSPS) is 17.2. The van der Waals surface area contributed by atoms with Crippen molar-refractivity contribution >= 4 is 26.1 Å². The number of carbonyl (C=O) groups excluding carboxylic acids is 2. The first kappa shape index (κ1) is 20.3. The molecule has 0 saturated heterocycles. The quantitative estimate of drug-likeness (QED) is 0.607. The van der Waals surface area contributed by atoms with Crippen LogP contribution in [-0.2, 0) is 9.22 Å². The number of benzene rings is 1. The van der Waals surface area contributed by atoms with Crippen LogP contribution in [0.15, 0.2) is 24.3 Å². The molecule has 1 heterocycles. The van der Waals surface area contributed by atoms with Gasteiger partial charge in [-0.05, 0) is 37.2 Å². The van der Waals surface area contributed by atoms with Gasteiger partial charge in [0.2, 0.25) is 0 Å². The van der Waals surface area contributed by atoms with Crippen LogP contribution in [0.2, 0.25) is 18.1 Å². The molecule has 26 heavy (non-hydrogen) atoms. The molecule has 0 aliphatic carbocycles. The molecule has 1 aromatic rings. The average molecular weight is 378 g/mol. The maximum Gasteiger partial charge on any atom is 0.308 e. The Bertz CT molecular complexity index is 703. The fourth-order valence-electron chi connectivity index (χ4n) is 2.60. The Kier molecular flexibility index (Phi) is 5.44. The van der Waals surface area contributed by atoms with E-state index >= 15 is 0 Å². The van der Waals surface area contributed by atoms with Crippen LogP contribution in [-0.4, -0.2) is 48.8 Å². The second kappa shape index (κ2) is 6.96. The first-order chi connectivity index (χ1) is 11.9. The topological polar surface area (TPSA) is 83.9 Å². The Morgan fingerprint density at radius 2 is 1.62 bits per heavy atom. The lowest BCUT2D eigenvalue weighted by molar-refractivity contribution is -0.144. The maximum atomic E-state index is 12.6. The van der Waals surface area contributed by atoms with Crippen LogP contribution in [0.1, 0.15) is 48.4 Å². The van der Waals surface area contributed by atoms with Crippen LogP contribution in [0.3, 0.4) is 0 Å². The van der Waals surface area contributed by atoms with Crippen molar-refractivity contribution in [2.75, 3.05) is 6.54 Å². The summed E-state index contributed by atoms with van der Waals surface area (Å²) in [4.78, 5) is 37.9. The summed E-state index contributed by atoms with van der Waals surface area (Å²) in [6, 6.07) is 6.63. The van der Waals surface area contributed by atoms with Crippen molar-refractivity contribution < 1.29 is 23.9 Å². The van der Waals surface area contributed by atoms with E-state index in [0.29, 0.717) is 11.1 Å². The first-order valence-electron chi connectivity index (χ1n) is 8.72. The Labute approximate surface area is 155 Å². The van der Waals surface area contributed by atoms with Crippen LogP contribution >= 0.6 is 0 Å². The van der Waals surface area contributed by atoms with Crippen LogP contribution in [0.5, 0.6) is 0 Å². The van der Waals surface area contributed by atoms with Crippen molar-refractivity contribution in [1.82, 2.24) is 4.90 Å². The van der Waals surface area contributed by atoms with Crippen molar-refractivity contribution in [3.05, 3.63) is 35.4 Å². The van der Waals surface area contributed by atoms with Gasteiger partial charge >= 0.3 is 5.97 Å². The summed E-state index contributed by atoms with van der Waals surface area (Å²) in [5.41, 5.74) is 0.707. The minimum Gasteiger partial charge on any atom is -0.481 e. The molecule has 1 aliphatic rings. The van der Waals surface area contributed by atoms with Gasteiger partial charge in [0.25, 0.3) is 11.8 Å². The Morgan fingerprint density at radius 1 is 1.15 bits per heavy atom. The summed E-state index contributed by atoms with van der Waals surface area (Å²) in [5, 5.41) is 9.36. The van der Waals surface area contributed by atoms with Crippen LogP contribution in [0, 0.1) is 5.92 Å². The molecule has 142 valence electrons. The van der Waals surface area contributed by atoms with E-state index in [1.165, 1.54) is 0 Å². The molecule has 0 bridgehead atoms. The van der Waals surface area contributed by atoms with E-state index in [1.807, 2.05) is 13.1 Å². The number of hydrogen-bond acceptors (Lipinski definition) is 4. The van der Waals surface area contributed by atoms with Gasteiger partial charge in [0, 0.05) is 0 Å². The molecular weight excluding hydrogens is 350 g/mol. The van der Waals surface area contributed by atoms with Gasteiger partial charge in [0.1, 0.15) is 0 Å². The number of carbonyl (C=O) groups is 3. The Balaban J connectivity index is 2.30. The Morgan fingerprint density at radius 3 is 2.00 bits per heavy atom. The number of carboxylic acids is 1. The monoisotopic (exact) mass is 377 g/mol. The fourth-order valence-corrected chi connectivity index (χ4v) is 3.99. The predicted molar refractivity (Wildman–Crippen MR) is 101 cm³/mol. The number of rotatable bonds is 6. The van der Waals surface area contributed by atoms with Crippen molar-refractivity contribution in [1.29, 1.82) is 0 Å². The minimum absolute atomic E-state index is 0.0632. The van der Waals surface area contributed by atoms with Crippen LogP contribution < -0.4 is 0 Å². The lowest BCUT2D eigenvalue weighted by atomic mass is 10.1. The number of nitrogens with zero attached hydrogens (tertiary/aromatic N) is 1. The Hall–Kier alpha value is -1.99. The number of imide groups is 1. The van der Waals surface area contributed by atoms with Crippen LogP contribution in [0.4, 0.5) is 0 Å². The molecule has 7 heteroatoms. The van der Waals surface area contributed by atoms with E-state index in [4.69, 9.17) is 4.43 Å². The molecule has 0 saturated carbocycles. The van der Waals surface area contributed by atoms with E-state index in [9.17, 15) is 19.5 Å². The molecule has 0 fully saturated rings. The minimum atomic E-state index is -2.29. The molecule has 0 aromatic heterocycles. The predicted octanol–water partition coefficient (Wildman–Crippen LogP) is 3.39. The molecular formula is C19H27NO5Si. The van der Waals surface area contributed by atoms with E-state index in [1.54, 1.807) is 31.2 Å². The first-order valence-corrected chi connectivity index (χ1v) is 11.6. The smallest absolute Gasteiger partial charge is 0.308 e. The van der Waals surface area contributed by atoms with Gasteiger partial charge in [-0.25, -0.2) is 0 Å². The standard InChI is InChI=1S/C19H27NO5Si/c1-12(18(23)24)15(25-26(5,6)19(2,3)4)11-20-16(21)13-9-7-8-10-14(13)17(20)22/h7-10,12,15H,11H2,1-6H3,(H,23,24). The zero-order valence-electron chi connectivity index (χ0n) is 16.2. The molecule has 2 rings (SSSR count). The zero-order chi connectivity index (χ0) is 19.9. The molecule has 6 nitrogen and oxygen atoms in total. The van der Waals surface area contributed by atoms with E-state index in [2.05, 4.69) is 20.8 Å². The van der Waals surface area contributed by atoms with Gasteiger partial charge in [-0.2, -0.15) is 0 Å². The van der Waals surface area contributed by atoms with Gasteiger partial charge in [0.15, 0.2) is 8.32 Å². The van der Waals surface area contributed by atoms with Crippen LogP contribution in [0.25, 0.3) is 0 Å². The van der Waals surface area contributed by atoms with Crippen molar-refractivity contribution in [3.8, 4) is 0 Å². The molecule has 2 amide bonds. The highest BCUT2D eigenvalue weighted by Gasteiger charge is 2.44. The highest BCUT2D eigenvalue weighted by Crippen LogP contribution is 2.38. The third-order valence-corrected chi connectivity index (χ3v) is 9.94. The molecule has 0 radical (unpaired) electrons. The lowest BCUT2D eigenvalue weighted by Crippen LogP contribution is -2.51. The summed E-state index contributed by atoms with van der Waals surface area (Å²) in [5.74, 6) is -2.64. The number of fused-ring (bicyclic) bond motifs is 1. The largest absolute Gasteiger partial charge is 0.481 e. The second-order valence-corrected chi connectivity index (χ2v) is 13.1. The van der Waals surface area contributed by atoms with Gasteiger partial charge in [-0.15, -0.1) is 0 Å². The van der Waals surface area contributed by atoms with E-state index in [0.717, 1.165) is 4.90 Å². The third kappa shape index (κ3) is 3.73. The summed E-state index contributed by atoms with van der Waals surface area (Å²) in [7, 11) is -2.29. The maximum absolute atomic E-state index is 12.6. The molecule has 1 aromatic carbocycles. The third-order valence-electron chi connectivity index (χ3n) is 5.44. The molecule has 2 unspecified atom stereocenters. The number of hydrogen-bond donors (Lipinski definition) is 1. The summed E-state index contributed by atoms with van der Waals surface area (Å²) >= 11 is 0. The summed E-state index contributed by atoms with van der Waals surface area (Å²) in [6.07, 6.45) is -0.754. The van der Waals surface area contributed by atoms with Gasteiger partial charge in [0.05, 0.1) is 29.7 Å². The van der Waals surface area contributed by atoms with E-state index < -0.39 is 38.1 Å². The molecule has 0 spiro atoms. The number of amides is 2. The molecule has 2 atom stereocenters. The van der Waals surface area contributed by atoms with Gasteiger partial charge in [-0.3, -0.25) is 19.3 Å².